The molecule has 86 valence electrons. The van der Waals surface area contributed by atoms with Crippen molar-refractivity contribution in [2.45, 2.75) is 18.5 Å². The van der Waals surface area contributed by atoms with Crippen LogP contribution in [0.25, 0.3) is 0 Å². The van der Waals surface area contributed by atoms with Crippen LogP contribution in [0.2, 0.25) is 0 Å². The van der Waals surface area contributed by atoms with Gasteiger partial charge in [0.05, 0.1) is 7.11 Å². The number of hydrogen-bond donors (Lipinski definition) is 0. The van der Waals surface area contributed by atoms with Gasteiger partial charge in [-0.15, -0.1) is 0 Å². The number of carbonyl (C=O) groups is 1. The molecule has 0 N–H and O–H groups in total. The Hall–Kier alpha value is -1.52. The van der Waals surface area contributed by atoms with Crippen molar-refractivity contribution in [2.75, 3.05) is 7.11 Å². The van der Waals surface area contributed by atoms with Crippen LogP contribution in [0.15, 0.2) is 12.1 Å². The summed E-state index contributed by atoms with van der Waals surface area (Å²) in [5, 5.41) is 0. The molecule has 0 aliphatic heterocycles. The number of fused-ring (bicyclic) bond motifs is 1. The molecule has 0 saturated carbocycles. The zero-order chi connectivity index (χ0) is 11.9. The first-order valence-corrected chi connectivity index (χ1v) is 4.71. The maximum absolute atomic E-state index is 14.1. The molecular weight excluding hydrogens is 221 g/mol. The summed E-state index contributed by atoms with van der Waals surface area (Å²) in [6, 6.07) is 1.86. The van der Waals surface area contributed by atoms with Crippen LogP contribution < -0.4 is 0 Å². The standard InChI is InChI=1S/C11H9F3O2/c1-16-10(15)11(14)4-6-7(5-11)9(13)3-2-8(6)12/h2-3H,4-5H2,1H3. The number of benzene rings is 1. The van der Waals surface area contributed by atoms with Crippen LogP contribution in [-0.2, 0) is 22.4 Å². The van der Waals surface area contributed by atoms with Crippen molar-refractivity contribution in [1.29, 1.82) is 0 Å². The van der Waals surface area contributed by atoms with Crippen molar-refractivity contribution in [2.24, 2.45) is 0 Å². The number of halogens is 3. The van der Waals surface area contributed by atoms with Crippen LogP contribution in [0.5, 0.6) is 0 Å². The highest BCUT2D eigenvalue weighted by Gasteiger charge is 2.47. The van der Waals surface area contributed by atoms with Crippen molar-refractivity contribution in [1.82, 2.24) is 0 Å². The molecule has 0 unspecified atom stereocenters. The van der Waals surface area contributed by atoms with Gasteiger partial charge in [-0.1, -0.05) is 0 Å². The minimum atomic E-state index is -2.35. The predicted octanol–water partition coefficient (Wildman–Crippen LogP) is 1.94. The van der Waals surface area contributed by atoms with Crippen LogP contribution in [0.1, 0.15) is 11.1 Å². The Kier molecular flexibility index (Phi) is 2.40. The van der Waals surface area contributed by atoms with Crippen LogP contribution in [0, 0.1) is 11.6 Å². The molecule has 2 rings (SSSR count). The molecule has 1 aromatic carbocycles. The third-order valence-corrected chi connectivity index (χ3v) is 2.78. The minimum absolute atomic E-state index is 0.0760. The summed E-state index contributed by atoms with van der Waals surface area (Å²) in [7, 11) is 1.04. The van der Waals surface area contributed by atoms with Gasteiger partial charge in [-0.25, -0.2) is 18.0 Å². The molecule has 0 aromatic heterocycles. The van der Waals surface area contributed by atoms with Gasteiger partial charge in [0.1, 0.15) is 11.6 Å². The lowest BCUT2D eigenvalue weighted by Crippen LogP contribution is -2.35. The molecule has 0 radical (unpaired) electrons. The van der Waals surface area contributed by atoms with Crippen LogP contribution in [-0.4, -0.2) is 18.7 Å². The molecule has 0 amide bonds. The molecule has 16 heavy (non-hydrogen) atoms. The Balaban J connectivity index is 2.44. The first kappa shape index (κ1) is 11.0. The zero-order valence-electron chi connectivity index (χ0n) is 8.52. The Morgan fingerprint density at radius 2 is 1.69 bits per heavy atom. The lowest BCUT2D eigenvalue weighted by Gasteiger charge is -2.14. The van der Waals surface area contributed by atoms with Crippen molar-refractivity contribution >= 4 is 5.97 Å². The van der Waals surface area contributed by atoms with Gasteiger partial charge in [-0.05, 0) is 23.3 Å². The fourth-order valence-corrected chi connectivity index (χ4v) is 1.97. The number of esters is 1. The highest BCUT2D eigenvalue weighted by molar-refractivity contribution is 5.81. The molecule has 0 bridgehead atoms. The molecule has 5 heteroatoms. The number of ether oxygens (including phenoxy) is 1. The smallest absolute Gasteiger partial charge is 0.344 e. The third kappa shape index (κ3) is 1.47. The molecule has 1 aliphatic rings. The van der Waals surface area contributed by atoms with Crippen LogP contribution in [0.4, 0.5) is 13.2 Å². The van der Waals surface area contributed by atoms with E-state index in [9.17, 15) is 18.0 Å². The van der Waals surface area contributed by atoms with Gasteiger partial charge in [0.15, 0.2) is 0 Å². The van der Waals surface area contributed by atoms with E-state index in [0.717, 1.165) is 19.2 Å². The van der Waals surface area contributed by atoms with Crippen LogP contribution in [0.3, 0.4) is 0 Å². The maximum Gasteiger partial charge on any atom is 0.344 e. The van der Waals surface area contributed by atoms with E-state index in [1.807, 2.05) is 0 Å². The molecular formula is C11H9F3O2. The SMILES string of the molecule is COC(=O)C1(F)Cc2c(F)ccc(F)c2C1. The number of carbonyl (C=O) groups excluding carboxylic acids is 1. The van der Waals surface area contributed by atoms with E-state index >= 15 is 0 Å². The minimum Gasteiger partial charge on any atom is -0.467 e. The van der Waals surface area contributed by atoms with Crippen molar-refractivity contribution in [3.63, 3.8) is 0 Å². The number of hydrogen-bond acceptors (Lipinski definition) is 2. The summed E-state index contributed by atoms with van der Waals surface area (Å²) in [5.74, 6) is -2.48. The second-order valence-corrected chi connectivity index (χ2v) is 3.80. The maximum atomic E-state index is 14.1. The Bertz CT molecular complexity index is 426. The van der Waals surface area contributed by atoms with Gasteiger partial charge < -0.3 is 4.74 Å². The second kappa shape index (κ2) is 3.50. The van der Waals surface area contributed by atoms with Crippen molar-refractivity contribution < 1.29 is 22.7 Å². The van der Waals surface area contributed by atoms with Gasteiger partial charge in [-0.3, -0.25) is 0 Å². The molecule has 1 aliphatic carbocycles. The lowest BCUT2D eigenvalue weighted by molar-refractivity contribution is -0.154. The van der Waals surface area contributed by atoms with E-state index in [0.29, 0.717) is 0 Å². The normalized spacial score (nSPS) is 17.0. The van der Waals surface area contributed by atoms with Crippen molar-refractivity contribution in [3.05, 3.63) is 34.9 Å². The molecule has 0 spiro atoms. The number of rotatable bonds is 1. The fourth-order valence-electron chi connectivity index (χ4n) is 1.97. The van der Waals surface area contributed by atoms with Crippen molar-refractivity contribution in [3.8, 4) is 0 Å². The van der Waals surface area contributed by atoms with E-state index in [2.05, 4.69) is 4.74 Å². The molecule has 1 aromatic rings. The summed E-state index contributed by atoms with van der Waals surface area (Å²) in [4.78, 5) is 11.2. The zero-order valence-corrected chi connectivity index (χ0v) is 8.52. The third-order valence-electron chi connectivity index (χ3n) is 2.78. The quantitative estimate of drug-likeness (QED) is 0.689. The fraction of sp³-hybridized carbons (Fsp3) is 0.364. The Morgan fingerprint density at radius 1 is 1.25 bits per heavy atom. The predicted molar refractivity (Wildman–Crippen MR) is 49.6 cm³/mol. The van der Waals surface area contributed by atoms with E-state index in [4.69, 9.17) is 0 Å². The Morgan fingerprint density at radius 3 is 2.06 bits per heavy atom. The van der Waals surface area contributed by atoms with Gasteiger partial charge >= 0.3 is 5.97 Å². The van der Waals surface area contributed by atoms with E-state index in [-0.39, 0.29) is 11.1 Å². The molecule has 0 heterocycles. The van der Waals surface area contributed by atoms with Gasteiger partial charge in [0.2, 0.25) is 5.67 Å². The topological polar surface area (TPSA) is 26.3 Å². The summed E-state index contributed by atoms with van der Waals surface area (Å²) in [5.41, 5.74) is -2.50. The average molecular weight is 230 g/mol. The number of methoxy groups -OCH3 is 1. The molecule has 0 atom stereocenters. The molecule has 2 nitrogen and oxygen atoms in total. The second-order valence-electron chi connectivity index (χ2n) is 3.80. The number of alkyl halides is 1. The summed E-state index contributed by atoms with van der Waals surface area (Å²) >= 11 is 0. The summed E-state index contributed by atoms with van der Waals surface area (Å²) in [6.45, 7) is 0. The summed E-state index contributed by atoms with van der Waals surface area (Å²) in [6.07, 6.45) is -0.947. The van der Waals surface area contributed by atoms with Gasteiger partial charge in [-0.2, -0.15) is 0 Å². The monoisotopic (exact) mass is 230 g/mol. The lowest BCUT2D eigenvalue weighted by atomic mass is 10.0. The Labute approximate surface area is 90.0 Å². The van der Waals surface area contributed by atoms with Gasteiger partial charge in [0.25, 0.3) is 0 Å². The molecule has 0 saturated heterocycles. The first-order chi connectivity index (χ1) is 7.48. The van der Waals surface area contributed by atoms with E-state index in [1.54, 1.807) is 0 Å². The summed E-state index contributed by atoms with van der Waals surface area (Å²) < 4.78 is 44.9. The van der Waals surface area contributed by atoms with E-state index < -0.39 is 36.1 Å². The first-order valence-electron chi connectivity index (χ1n) is 4.71. The van der Waals surface area contributed by atoms with E-state index in [1.165, 1.54) is 0 Å². The van der Waals surface area contributed by atoms with Crippen LogP contribution >= 0.6 is 0 Å². The highest BCUT2D eigenvalue weighted by atomic mass is 19.1. The average Bonchev–Trinajstić information content (AvgIpc) is 2.63. The largest absolute Gasteiger partial charge is 0.467 e. The highest BCUT2D eigenvalue weighted by Crippen LogP contribution is 2.36. The van der Waals surface area contributed by atoms with Gasteiger partial charge in [0, 0.05) is 12.8 Å². The molecule has 0 fully saturated rings.